The molecule has 0 amide bonds. The third-order valence-electron chi connectivity index (χ3n) is 4.64. The fourth-order valence-electron chi connectivity index (χ4n) is 3.02. The van der Waals surface area contributed by atoms with Gasteiger partial charge in [0.15, 0.2) is 0 Å². The zero-order valence-electron chi connectivity index (χ0n) is 11.7. The van der Waals surface area contributed by atoms with Crippen molar-refractivity contribution in [1.82, 2.24) is 5.01 Å². The van der Waals surface area contributed by atoms with Gasteiger partial charge in [0.2, 0.25) is 0 Å². The predicted octanol–water partition coefficient (Wildman–Crippen LogP) is 1.70. The van der Waals surface area contributed by atoms with Crippen LogP contribution in [-0.2, 0) is 0 Å². The van der Waals surface area contributed by atoms with E-state index in [1.54, 1.807) is 5.01 Å². The minimum atomic E-state index is -0.239. The molecule has 0 heterocycles. The molecule has 104 valence electrons. The van der Waals surface area contributed by atoms with Gasteiger partial charge in [-0.05, 0) is 64.2 Å². The van der Waals surface area contributed by atoms with Crippen LogP contribution in [0.15, 0.2) is 11.4 Å². The number of allylic oxidation sites excluding steroid dienone is 2. The Morgan fingerprint density at radius 1 is 1.28 bits per heavy atom. The Hall–Kier alpha value is -0.740. The van der Waals surface area contributed by atoms with Gasteiger partial charge in [-0.3, -0.25) is 0 Å². The molecule has 2 aliphatic rings. The number of nitrogens with two attached hydrogens (primary N) is 2. The Labute approximate surface area is 110 Å². The zero-order chi connectivity index (χ0) is 13.3. The van der Waals surface area contributed by atoms with Crippen molar-refractivity contribution in [2.75, 3.05) is 6.61 Å². The molecule has 2 aliphatic carbocycles. The lowest BCUT2D eigenvalue weighted by atomic mass is 9.95. The molecule has 18 heavy (non-hydrogen) atoms. The highest BCUT2D eigenvalue weighted by Crippen LogP contribution is 2.48. The number of aliphatic hydroxyl groups is 1. The van der Waals surface area contributed by atoms with Crippen molar-refractivity contribution in [3.63, 3.8) is 0 Å². The highest BCUT2D eigenvalue weighted by Gasteiger charge is 2.38. The number of fused-ring (bicyclic) bond motifs is 1. The van der Waals surface area contributed by atoms with Gasteiger partial charge in [-0.2, -0.15) is 0 Å². The van der Waals surface area contributed by atoms with E-state index >= 15 is 0 Å². The van der Waals surface area contributed by atoms with Crippen LogP contribution in [0.4, 0.5) is 0 Å². The number of hydrogen-bond acceptors (Lipinski definition) is 4. The lowest BCUT2D eigenvalue weighted by Gasteiger charge is -2.39. The van der Waals surface area contributed by atoms with Crippen molar-refractivity contribution in [3.8, 4) is 0 Å². The van der Waals surface area contributed by atoms with E-state index in [1.165, 1.54) is 19.3 Å². The van der Waals surface area contributed by atoms with E-state index in [0.29, 0.717) is 6.42 Å². The molecular weight excluding hydrogens is 226 g/mol. The third-order valence-corrected chi connectivity index (χ3v) is 4.64. The molecule has 0 spiro atoms. The van der Waals surface area contributed by atoms with E-state index in [0.717, 1.165) is 36.1 Å². The summed E-state index contributed by atoms with van der Waals surface area (Å²) in [7, 11) is 0. The second kappa shape index (κ2) is 5.10. The van der Waals surface area contributed by atoms with Gasteiger partial charge < -0.3 is 15.8 Å². The fourth-order valence-corrected chi connectivity index (χ4v) is 3.02. The van der Waals surface area contributed by atoms with Crippen LogP contribution in [-0.4, -0.2) is 22.3 Å². The molecule has 1 saturated carbocycles. The van der Waals surface area contributed by atoms with E-state index in [1.807, 2.05) is 0 Å². The molecule has 2 atom stereocenters. The SMILES string of the molecule is CC(C)(CCO)N(N)/C1=C(\N)CCC2CC2CC1. The van der Waals surface area contributed by atoms with Crippen molar-refractivity contribution in [2.45, 2.75) is 57.9 Å². The molecule has 0 aliphatic heterocycles. The highest BCUT2D eigenvalue weighted by molar-refractivity contribution is 5.14. The topological polar surface area (TPSA) is 75.5 Å². The van der Waals surface area contributed by atoms with Gasteiger partial charge in [0, 0.05) is 18.0 Å². The van der Waals surface area contributed by atoms with E-state index in [4.69, 9.17) is 16.7 Å². The summed E-state index contributed by atoms with van der Waals surface area (Å²) in [5.41, 5.74) is 8.03. The smallest absolute Gasteiger partial charge is 0.0524 e. The van der Waals surface area contributed by atoms with Crippen molar-refractivity contribution < 1.29 is 5.11 Å². The van der Waals surface area contributed by atoms with Crippen LogP contribution in [0.2, 0.25) is 0 Å². The van der Waals surface area contributed by atoms with E-state index in [9.17, 15) is 0 Å². The average Bonchev–Trinajstić information content (AvgIpc) is 3.02. The summed E-state index contributed by atoms with van der Waals surface area (Å²) < 4.78 is 0. The van der Waals surface area contributed by atoms with E-state index in [2.05, 4.69) is 13.8 Å². The summed E-state index contributed by atoms with van der Waals surface area (Å²) >= 11 is 0. The fraction of sp³-hybridized carbons (Fsp3) is 0.857. The third kappa shape index (κ3) is 2.81. The molecule has 0 saturated heterocycles. The van der Waals surface area contributed by atoms with Crippen LogP contribution < -0.4 is 11.6 Å². The maximum Gasteiger partial charge on any atom is 0.0524 e. The minimum absolute atomic E-state index is 0.151. The van der Waals surface area contributed by atoms with Gasteiger partial charge >= 0.3 is 0 Å². The molecule has 2 unspecified atom stereocenters. The Bertz CT molecular complexity index is 338. The highest BCUT2D eigenvalue weighted by atomic mass is 16.3. The molecule has 0 aromatic rings. The van der Waals surface area contributed by atoms with Gasteiger partial charge in [-0.25, -0.2) is 5.84 Å². The van der Waals surface area contributed by atoms with E-state index in [-0.39, 0.29) is 12.1 Å². The number of hydrazine groups is 1. The number of aliphatic hydroxyl groups excluding tert-OH is 1. The van der Waals surface area contributed by atoms with Crippen molar-refractivity contribution >= 4 is 0 Å². The minimum Gasteiger partial charge on any atom is -0.401 e. The lowest BCUT2D eigenvalue weighted by molar-refractivity contribution is 0.117. The van der Waals surface area contributed by atoms with Crippen molar-refractivity contribution in [3.05, 3.63) is 11.4 Å². The van der Waals surface area contributed by atoms with Gasteiger partial charge in [0.25, 0.3) is 0 Å². The lowest BCUT2D eigenvalue weighted by Crippen LogP contribution is -2.49. The summed E-state index contributed by atoms with van der Waals surface area (Å²) in [6.07, 6.45) is 6.42. The van der Waals surface area contributed by atoms with Crippen LogP contribution in [0.5, 0.6) is 0 Å². The molecule has 4 nitrogen and oxygen atoms in total. The van der Waals surface area contributed by atoms with Crippen LogP contribution in [0, 0.1) is 11.8 Å². The molecule has 0 aromatic carbocycles. The molecule has 2 rings (SSSR count). The molecule has 0 radical (unpaired) electrons. The Balaban J connectivity index is 2.10. The summed E-state index contributed by atoms with van der Waals surface area (Å²) in [6.45, 7) is 4.27. The van der Waals surface area contributed by atoms with Crippen LogP contribution >= 0.6 is 0 Å². The summed E-state index contributed by atoms with van der Waals surface area (Å²) in [6, 6.07) is 0. The van der Waals surface area contributed by atoms with Gasteiger partial charge in [0.1, 0.15) is 0 Å². The summed E-state index contributed by atoms with van der Waals surface area (Å²) in [4.78, 5) is 0. The average molecular weight is 253 g/mol. The molecular formula is C14H27N3O. The van der Waals surface area contributed by atoms with Crippen LogP contribution in [0.25, 0.3) is 0 Å². The maximum absolute atomic E-state index is 9.13. The van der Waals surface area contributed by atoms with E-state index < -0.39 is 0 Å². The zero-order valence-corrected chi connectivity index (χ0v) is 11.7. The number of rotatable bonds is 4. The molecule has 0 aromatic heterocycles. The first-order valence-corrected chi connectivity index (χ1v) is 7.09. The summed E-state index contributed by atoms with van der Waals surface area (Å²) in [5.74, 6) is 8.09. The van der Waals surface area contributed by atoms with Gasteiger partial charge in [-0.15, -0.1) is 0 Å². The second-order valence-electron chi connectivity index (χ2n) is 6.46. The summed E-state index contributed by atoms with van der Waals surface area (Å²) in [5, 5.41) is 10.9. The Kier molecular flexibility index (Phi) is 3.87. The normalized spacial score (nSPS) is 32.4. The maximum atomic E-state index is 9.13. The Morgan fingerprint density at radius 2 is 1.89 bits per heavy atom. The molecule has 1 fully saturated rings. The van der Waals surface area contributed by atoms with Gasteiger partial charge in [-0.1, -0.05) is 0 Å². The second-order valence-corrected chi connectivity index (χ2v) is 6.46. The van der Waals surface area contributed by atoms with Crippen molar-refractivity contribution in [2.24, 2.45) is 23.4 Å². The molecule has 0 bridgehead atoms. The number of hydrogen-bond donors (Lipinski definition) is 3. The number of nitrogens with zero attached hydrogens (tertiary/aromatic N) is 1. The predicted molar refractivity (Wildman–Crippen MR) is 73.1 cm³/mol. The first-order valence-electron chi connectivity index (χ1n) is 7.09. The largest absolute Gasteiger partial charge is 0.401 e. The molecule has 4 heteroatoms. The van der Waals surface area contributed by atoms with Gasteiger partial charge in [0.05, 0.1) is 5.54 Å². The van der Waals surface area contributed by atoms with Crippen LogP contribution in [0.3, 0.4) is 0 Å². The monoisotopic (exact) mass is 253 g/mol. The quantitative estimate of drug-likeness (QED) is 0.526. The standard InChI is InChI=1S/C14H27N3O/c1-14(2,7-8-18)17(16)13-6-4-11-9-10(11)3-5-12(13)15/h10-11,18H,3-9,15-16H2,1-2H3/b13-12-. The van der Waals surface area contributed by atoms with Crippen molar-refractivity contribution in [1.29, 1.82) is 0 Å². The first-order chi connectivity index (χ1) is 8.45. The molecule has 5 N–H and O–H groups in total. The Morgan fingerprint density at radius 3 is 2.50 bits per heavy atom. The first kappa shape index (κ1) is 13.7. The van der Waals surface area contributed by atoms with Crippen LogP contribution in [0.1, 0.15) is 52.4 Å².